The molecule has 2 saturated heterocycles. The normalized spacial score (nSPS) is 17.2. The highest BCUT2D eigenvalue weighted by atomic mass is 35.5. The third kappa shape index (κ3) is 4.73. The Morgan fingerprint density at radius 3 is 2.50 bits per heavy atom. The summed E-state index contributed by atoms with van der Waals surface area (Å²) < 4.78 is 18.7. The van der Waals surface area contributed by atoms with Gasteiger partial charge in [-0.05, 0) is 25.1 Å². The summed E-state index contributed by atoms with van der Waals surface area (Å²) in [5.41, 5.74) is 1.38. The highest BCUT2D eigenvalue weighted by molar-refractivity contribution is 6.31. The molecule has 3 heterocycles. The van der Waals surface area contributed by atoms with Crippen LogP contribution < -0.4 is 15.1 Å². The van der Waals surface area contributed by atoms with Gasteiger partial charge in [0, 0.05) is 56.7 Å². The first-order valence-electron chi connectivity index (χ1n) is 9.94. The maximum Gasteiger partial charge on any atom is 0.321 e. The van der Waals surface area contributed by atoms with E-state index in [-0.39, 0.29) is 11.1 Å². The van der Waals surface area contributed by atoms with E-state index in [1.165, 1.54) is 18.2 Å². The van der Waals surface area contributed by atoms with Gasteiger partial charge in [-0.3, -0.25) is 0 Å². The summed E-state index contributed by atoms with van der Waals surface area (Å²) >= 11 is 5.78. The third-order valence-corrected chi connectivity index (χ3v) is 5.47. The molecule has 2 fully saturated rings. The molecule has 10 heteroatoms. The minimum atomic E-state index is -0.516. The molecule has 0 bridgehead atoms. The van der Waals surface area contributed by atoms with Crippen LogP contribution in [0.4, 0.5) is 26.6 Å². The molecule has 0 radical (unpaired) electrons. The molecule has 1 aromatic heterocycles. The van der Waals surface area contributed by atoms with Gasteiger partial charge in [0.1, 0.15) is 11.6 Å². The number of nitrogens with one attached hydrogen (secondary N) is 1. The van der Waals surface area contributed by atoms with Crippen molar-refractivity contribution in [2.45, 2.75) is 6.92 Å². The maximum absolute atomic E-state index is 13.3. The van der Waals surface area contributed by atoms with Gasteiger partial charge in [-0.15, -0.1) is 0 Å². The van der Waals surface area contributed by atoms with Gasteiger partial charge in [-0.1, -0.05) is 11.6 Å². The summed E-state index contributed by atoms with van der Waals surface area (Å²) in [6.07, 6.45) is 0. The van der Waals surface area contributed by atoms with Gasteiger partial charge < -0.3 is 24.8 Å². The fraction of sp³-hybridized carbons (Fsp3) is 0.450. The van der Waals surface area contributed by atoms with E-state index in [4.69, 9.17) is 21.3 Å². The molecule has 4 rings (SSSR count). The summed E-state index contributed by atoms with van der Waals surface area (Å²) in [6.45, 7) is 7.32. The number of halogens is 2. The molecular weight excluding hydrogens is 411 g/mol. The van der Waals surface area contributed by atoms with E-state index in [0.717, 1.165) is 24.6 Å². The lowest BCUT2D eigenvalue weighted by Crippen LogP contribution is -2.50. The number of rotatable bonds is 3. The molecule has 0 saturated carbocycles. The molecule has 0 atom stereocenters. The zero-order valence-corrected chi connectivity index (χ0v) is 17.5. The van der Waals surface area contributed by atoms with E-state index in [2.05, 4.69) is 20.1 Å². The number of nitrogens with zero attached hydrogens (tertiary/aromatic N) is 5. The summed E-state index contributed by atoms with van der Waals surface area (Å²) in [5.74, 6) is 1.08. The number of hydrogen-bond acceptors (Lipinski definition) is 6. The molecule has 2 aliphatic heterocycles. The smallest absolute Gasteiger partial charge is 0.321 e. The van der Waals surface area contributed by atoms with Gasteiger partial charge in [0.25, 0.3) is 0 Å². The second kappa shape index (κ2) is 9.01. The fourth-order valence-electron chi connectivity index (χ4n) is 3.52. The molecule has 1 N–H and O–H groups in total. The topological polar surface area (TPSA) is 73.8 Å². The molecule has 8 nitrogen and oxygen atoms in total. The minimum Gasteiger partial charge on any atom is -0.378 e. The molecule has 0 spiro atoms. The van der Waals surface area contributed by atoms with Crippen molar-refractivity contribution < 1.29 is 13.9 Å². The summed E-state index contributed by atoms with van der Waals surface area (Å²) in [5, 5.41) is 2.74. The van der Waals surface area contributed by atoms with Crippen molar-refractivity contribution in [2.75, 3.05) is 67.6 Å². The Bertz CT molecular complexity index is 916. The van der Waals surface area contributed by atoms with Crippen LogP contribution in [-0.4, -0.2) is 73.4 Å². The second-order valence-electron chi connectivity index (χ2n) is 7.30. The number of urea groups is 1. The van der Waals surface area contributed by atoms with Gasteiger partial charge in [-0.2, -0.15) is 4.98 Å². The summed E-state index contributed by atoms with van der Waals surface area (Å²) in [6, 6.07) is 5.88. The van der Waals surface area contributed by atoms with Crippen LogP contribution in [0.3, 0.4) is 0 Å². The van der Waals surface area contributed by atoms with E-state index >= 15 is 0 Å². The predicted octanol–water partition coefficient (Wildman–Crippen LogP) is 2.77. The number of aromatic nitrogens is 2. The van der Waals surface area contributed by atoms with Crippen LogP contribution in [0.5, 0.6) is 0 Å². The number of carbonyl (C=O) groups is 1. The van der Waals surface area contributed by atoms with Crippen LogP contribution in [0.25, 0.3) is 0 Å². The first-order valence-corrected chi connectivity index (χ1v) is 10.3. The van der Waals surface area contributed by atoms with Crippen LogP contribution >= 0.6 is 11.6 Å². The average molecular weight is 435 g/mol. The number of aryl methyl sites for hydroxylation is 1. The Balaban J connectivity index is 1.37. The van der Waals surface area contributed by atoms with Crippen LogP contribution in [0.2, 0.25) is 5.02 Å². The molecule has 2 aromatic rings. The molecule has 2 aliphatic rings. The SMILES string of the molecule is Cc1cc(N2CCOCC2)nc(N2CCN(C(=O)Nc3ccc(F)c(Cl)c3)CC2)n1. The maximum atomic E-state index is 13.3. The summed E-state index contributed by atoms with van der Waals surface area (Å²) in [7, 11) is 0. The summed E-state index contributed by atoms with van der Waals surface area (Å²) in [4.78, 5) is 27.9. The number of benzene rings is 1. The lowest BCUT2D eigenvalue weighted by atomic mass is 10.3. The molecule has 2 amide bonds. The first kappa shape index (κ1) is 20.6. The van der Waals surface area contributed by atoms with Crippen LogP contribution in [0.15, 0.2) is 24.3 Å². The number of carbonyl (C=O) groups excluding carboxylic acids is 1. The van der Waals surface area contributed by atoms with Crippen molar-refractivity contribution in [3.05, 3.63) is 40.8 Å². The molecule has 0 aliphatic carbocycles. The van der Waals surface area contributed by atoms with E-state index in [0.29, 0.717) is 51.0 Å². The van der Waals surface area contributed by atoms with E-state index in [1.54, 1.807) is 4.90 Å². The highest BCUT2D eigenvalue weighted by Gasteiger charge is 2.24. The van der Waals surface area contributed by atoms with Gasteiger partial charge >= 0.3 is 6.03 Å². The lowest BCUT2D eigenvalue weighted by Gasteiger charge is -2.35. The Labute approximate surface area is 179 Å². The Morgan fingerprint density at radius 2 is 1.80 bits per heavy atom. The Morgan fingerprint density at radius 1 is 1.07 bits per heavy atom. The molecule has 160 valence electrons. The van der Waals surface area contributed by atoms with Gasteiger partial charge in [0.05, 0.1) is 18.2 Å². The second-order valence-corrected chi connectivity index (χ2v) is 7.71. The third-order valence-electron chi connectivity index (χ3n) is 5.18. The van der Waals surface area contributed by atoms with Crippen molar-refractivity contribution in [1.29, 1.82) is 0 Å². The van der Waals surface area contributed by atoms with Crippen molar-refractivity contribution in [3.63, 3.8) is 0 Å². The monoisotopic (exact) mass is 434 g/mol. The number of amides is 2. The van der Waals surface area contributed by atoms with E-state index in [1.807, 2.05) is 13.0 Å². The van der Waals surface area contributed by atoms with Crippen molar-refractivity contribution in [2.24, 2.45) is 0 Å². The van der Waals surface area contributed by atoms with Crippen LogP contribution in [0, 0.1) is 12.7 Å². The quantitative estimate of drug-likeness (QED) is 0.800. The molecule has 1 aromatic carbocycles. The van der Waals surface area contributed by atoms with Crippen LogP contribution in [0.1, 0.15) is 5.69 Å². The number of hydrogen-bond donors (Lipinski definition) is 1. The van der Waals surface area contributed by atoms with Crippen molar-refractivity contribution >= 4 is 35.1 Å². The Kier molecular flexibility index (Phi) is 6.19. The first-order chi connectivity index (χ1) is 14.5. The molecule has 0 unspecified atom stereocenters. The zero-order valence-electron chi connectivity index (χ0n) is 16.8. The standard InChI is InChI=1S/C20H24ClFN6O2/c1-14-12-18(26-8-10-30-11-9-26)25-19(23-14)27-4-6-28(7-5-27)20(29)24-15-2-3-17(22)16(21)13-15/h2-3,12-13H,4-11H2,1H3,(H,24,29). The average Bonchev–Trinajstić information content (AvgIpc) is 2.76. The van der Waals surface area contributed by atoms with Crippen molar-refractivity contribution in [3.8, 4) is 0 Å². The number of ether oxygens (including phenoxy) is 1. The van der Waals surface area contributed by atoms with Gasteiger partial charge in [0.15, 0.2) is 0 Å². The lowest BCUT2D eigenvalue weighted by molar-refractivity contribution is 0.122. The minimum absolute atomic E-state index is 0.0229. The largest absolute Gasteiger partial charge is 0.378 e. The number of morpholine rings is 1. The van der Waals surface area contributed by atoms with Gasteiger partial charge in [-0.25, -0.2) is 14.2 Å². The van der Waals surface area contributed by atoms with Crippen LogP contribution in [-0.2, 0) is 4.74 Å². The van der Waals surface area contributed by atoms with E-state index < -0.39 is 5.82 Å². The predicted molar refractivity (Wildman–Crippen MR) is 114 cm³/mol. The van der Waals surface area contributed by atoms with Crippen molar-refractivity contribution in [1.82, 2.24) is 14.9 Å². The van der Waals surface area contributed by atoms with Gasteiger partial charge in [0.2, 0.25) is 5.95 Å². The van der Waals surface area contributed by atoms with E-state index in [9.17, 15) is 9.18 Å². The molecular formula is C20H24ClFN6O2. The fourth-order valence-corrected chi connectivity index (χ4v) is 3.70. The molecule has 30 heavy (non-hydrogen) atoms. The Hall–Kier alpha value is -2.65. The zero-order chi connectivity index (χ0) is 21.1. The highest BCUT2D eigenvalue weighted by Crippen LogP contribution is 2.21. The number of piperazine rings is 1. The number of anilines is 3.